The quantitative estimate of drug-likeness (QED) is 0.838. The topological polar surface area (TPSA) is 39.1 Å². The van der Waals surface area contributed by atoms with Crippen molar-refractivity contribution in [3.05, 3.63) is 11.9 Å². The van der Waals surface area contributed by atoms with Crippen LogP contribution in [-0.4, -0.2) is 45.9 Å². The lowest BCUT2D eigenvalue weighted by molar-refractivity contribution is 0.390. The van der Waals surface area contributed by atoms with Gasteiger partial charge in [0.15, 0.2) is 5.75 Å². The van der Waals surface area contributed by atoms with E-state index in [0.717, 1.165) is 25.3 Å². The lowest BCUT2D eigenvalue weighted by Crippen LogP contribution is -2.36. The molecule has 1 aromatic heterocycles. The van der Waals surface area contributed by atoms with Crippen molar-refractivity contribution in [3.63, 3.8) is 0 Å². The third kappa shape index (κ3) is 3.65. The van der Waals surface area contributed by atoms with Gasteiger partial charge in [0, 0.05) is 29.1 Å². The molecule has 4 nitrogen and oxygen atoms in total. The zero-order valence-electron chi connectivity index (χ0n) is 12.6. The molecule has 1 aliphatic rings. The molecule has 0 aliphatic carbocycles. The molecule has 1 aromatic rings. The summed E-state index contributed by atoms with van der Waals surface area (Å²) >= 11 is 4.14. The molecule has 0 aromatic carbocycles. The Balaban J connectivity index is 2.26. The van der Waals surface area contributed by atoms with Gasteiger partial charge in [-0.05, 0) is 19.9 Å². The van der Waals surface area contributed by atoms with Crippen molar-refractivity contribution in [2.75, 3.05) is 30.9 Å². The highest BCUT2D eigenvalue weighted by atomic mass is 32.2. The van der Waals surface area contributed by atoms with Gasteiger partial charge in [-0.25, -0.2) is 0 Å². The van der Waals surface area contributed by atoms with E-state index in [9.17, 15) is 0 Å². The second-order valence-corrected chi connectivity index (χ2v) is 7.33. The number of methoxy groups -OCH3 is 1. The molecule has 0 radical (unpaired) electrons. The van der Waals surface area contributed by atoms with E-state index in [2.05, 4.69) is 52.5 Å². The molecule has 1 fully saturated rings. The van der Waals surface area contributed by atoms with Crippen molar-refractivity contribution in [1.82, 2.24) is 15.1 Å². The SMILES string of the molecule is CCCNC(c1c(OC)cnn1CC)C1CSCCS1. The van der Waals surface area contributed by atoms with Gasteiger partial charge >= 0.3 is 0 Å². The maximum Gasteiger partial charge on any atom is 0.161 e. The van der Waals surface area contributed by atoms with Gasteiger partial charge in [-0.1, -0.05) is 6.92 Å². The van der Waals surface area contributed by atoms with Gasteiger partial charge in [-0.2, -0.15) is 28.6 Å². The van der Waals surface area contributed by atoms with E-state index in [1.165, 1.54) is 23.0 Å². The Morgan fingerprint density at radius 1 is 1.50 bits per heavy atom. The molecule has 2 atom stereocenters. The van der Waals surface area contributed by atoms with Crippen molar-refractivity contribution in [1.29, 1.82) is 0 Å². The van der Waals surface area contributed by atoms with Crippen molar-refractivity contribution in [2.45, 2.75) is 38.1 Å². The highest BCUT2D eigenvalue weighted by Gasteiger charge is 2.30. The molecular weight excluding hydrogens is 290 g/mol. The molecule has 0 spiro atoms. The van der Waals surface area contributed by atoms with Gasteiger partial charge < -0.3 is 10.1 Å². The van der Waals surface area contributed by atoms with E-state index < -0.39 is 0 Å². The zero-order chi connectivity index (χ0) is 14.4. The summed E-state index contributed by atoms with van der Waals surface area (Å²) in [4.78, 5) is 0. The molecule has 1 aliphatic heterocycles. The fourth-order valence-electron chi connectivity index (χ4n) is 2.50. The van der Waals surface area contributed by atoms with E-state index in [0.29, 0.717) is 11.3 Å². The van der Waals surface area contributed by atoms with Gasteiger partial charge in [0.1, 0.15) is 0 Å². The van der Waals surface area contributed by atoms with Crippen molar-refractivity contribution >= 4 is 23.5 Å². The molecule has 0 amide bonds. The molecule has 6 heteroatoms. The third-order valence-corrected chi connectivity index (χ3v) is 6.35. The Hall–Kier alpha value is -0.330. The maximum atomic E-state index is 5.54. The van der Waals surface area contributed by atoms with Crippen LogP contribution in [-0.2, 0) is 6.54 Å². The van der Waals surface area contributed by atoms with Crippen LogP contribution in [0.3, 0.4) is 0 Å². The number of ether oxygens (including phenoxy) is 1. The molecule has 0 bridgehead atoms. The molecule has 2 rings (SSSR count). The summed E-state index contributed by atoms with van der Waals surface area (Å²) in [5.74, 6) is 4.62. The molecule has 2 heterocycles. The number of thioether (sulfide) groups is 2. The van der Waals surface area contributed by atoms with Gasteiger partial charge in [0.25, 0.3) is 0 Å². The van der Waals surface area contributed by atoms with Crippen molar-refractivity contribution in [2.24, 2.45) is 0 Å². The second-order valence-electron chi connectivity index (χ2n) is 4.83. The smallest absolute Gasteiger partial charge is 0.161 e. The number of nitrogens with zero attached hydrogens (tertiary/aromatic N) is 2. The van der Waals surface area contributed by atoms with Crippen LogP contribution in [0.4, 0.5) is 0 Å². The van der Waals surface area contributed by atoms with Crippen LogP contribution in [0.2, 0.25) is 0 Å². The van der Waals surface area contributed by atoms with E-state index >= 15 is 0 Å². The second kappa shape index (κ2) is 8.20. The average Bonchev–Trinajstić information content (AvgIpc) is 2.92. The van der Waals surface area contributed by atoms with Crippen LogP contribution in [0.25, 0.3) is 0 Å². The summed E-state index contributed by atoms with van der Waals surface area (Å²) in [6.45, 7) is 6.26. The fourth-order valence-corrected chi connectivity index (χ4v) is 5.34. The Labute approximate surface area is 130 Å². The maximum absolute atomic E-state index is 5.54. The van der Waals surface area contributed by atoms with Gasteiger partial charge in [0.2, 0.25) is 0 Å². The average molecular weight is 316 g/mol. The largest absolute Gasteiger partial charge is 0.493 e. The van der Waals surface area contributed by atoms with Crippen LogP contribution in [0.1, 0.15) is 32.0 Å². The number of hydrogen-bond donors (Lipinski definition) is 1. The standard InChI is InChI=1S/C14H25N3OS2/c1-4-6-15-13(12-10-19-7-8-20-12)14-11(18-3)9-16-17(14)5-2/h9,12-13,15H,4-8,10H2,1-3H3. The van der Waals surface area contributed by atoms with Crippen LogP contribution in [0.15, 0.2) is 6.20 Å². The molecule has 0 saturated carbocycles. The lowest BCUT2D eigenvalue weighted by atomic mass is 10.1. The summed E-state index contributed by atoms with van der Waals surface area (Å²) in [5, 5.41) is 8.77. The summed E-state index contributed by atoms with van der Waals surface area (Å²) in [6.07, 6.45) is 2.99. The summed E-state index contributed by atoms with van der Waals surface area (Å²) in [5.41, 5.74) is 1.21. The molecule has 114 valence electrons. The molecule has 20 heavy (non-hydrogen) atoms. The Kier molecular flexibility index (Phi) is 6.58. The number of aryl methyl sites for hydroxylation is 1. The Morgan fingerprint density at radius 2 is 2.35 bits per heavy atom. The van der Waals surface area contributed by atoms with E-state index in [4.69, 9.17) is 4.74 Å². The first kappa shape index (κ1) is 16.0. The van der Waals surface area contributed by atoms with Gasteiger partial charge in [0.05, 0.1) is 25.0 Å². The molecular formula is C14H25N3OS2. The Bertz CT molecular complexity index is 384. The minimum atomic E-state index is 0.324. The zero-order valence-corrected chi connectivity index (χ0v) is 14.2. The fraction of sp³-hybridized carbons (Fsp3) is 0.786. The molecule has 2 unspecified atom stereocenters. The van der Waals surface area contributed by atoms with E-state index in [-0.39, 0.29) is 0 Å². The van der Waals surface area contributed by atoms with E-state index in [1.54, 1.807) is 7.11 Å². The van der Waals surface area contributed by atoms with Gasteiger partial charge in [-0.3, -0.25) is 4.68 Å². The third-order valence-electron chi connectivity index (χ3n) is 3.49. The number of aromatic nitrogens is 2. The summed E-state index contributed by atoms with van der Waals surface area (Å²) in [7, 11) is 1.74. The van der Waals surface area contributed by atoms with Crippen molar-refractivity contribution in [3.8, 4) is 5.75 Å². The lowest BCUT2D eigenvalue weighted by Gasteiger charge is -2.31. The summed E-state index contributed by atoms with van der Waals surface area (Å²) < 4.78 is 7.62. The first-order valence-electron chi connectivity index (χ1n) is 7.34. The first-order valence-corrected chi connectivity index (χ1v) is 9.54. The van der Waals surface area contributed by atoms with Crippen LogP contribution >= 0.6 is 23.5 Å². The van der Waals surface area contributed by atoms with Gasteiger partial charge in [-0.15, -0.1) is 0 Å². The highest BCUT2D eigenvalue weighted by Crippen LogP contribution is 2.37. The Morgan fingerprint density at radius 3 is 2.95 bits per heavy atom. The minimum absolute atomic E-state index is 0.324. The highest BCUT2D eigenvalue weighted by molar-refractivity contribution is 8.06. The predicted molar refractivity (Wildman–Crippen MR) is 89.1 cm³/mol. The number of hydrogen-bond acceptors (Lipinski definition) is 5. The van der Waals surface area contributed by atoms with Crippen LogP contribution in [0, 0.1) is 0 Å². The van der Waals surface area contributed by atoms with Crippen molar-refractivity contribution < 1.29 is 4.74 Å². The molecule has 1 saturated heterocycles. The van der Waals surface area contributed by atoms with Crippen LogP contribution in [0.5, 0.6) is 5.75 Å². The van der Waals surface area contributed by atoms with Crippen LogP contribution < -0.4 is 10.1 Å². The molecule has 1 N–H and O–H groups in total. The first-order chi connectivity index (χ1) is 9.81. The minimum Gasteiger partial charge on any atom is -0.493 e. The number of nitrogens with one attached hydrogen (secondary N) is 1. The monoisotopic (exact) mass is 315 g/mol. The van der Waals surface area contributed by atoms with E-state index in [1.807, 2.05) is 6.20 Å². The normalized spacial score (nSPS) is 20.9. The summed E-state index contributed by atoms with van der Waals surface area (Å²) in [6, 6.07) is 0.324. The number of rotatable bonds is 7. The predicted octanol–water partition coefficient (Wildman–Crippen LogP) is 2.80.